The third-order valence-corrected chi connectivity index (χ3v) is 3.20. The number of nitrogens with zero attached hydrogens (tertiary/aromatic N) is 1. The van der Waals surface area contributed by atoms with Crippen molar-refractivity contribution in [3.05, 3.63) is 58.5 Å². The Kier molecular flexibility index (Phi) is 5.11. The standard InChI is InChI=1S/C15H14ClFN2O2/c1-21-13-9-10(5-7-18-13)6-8-19-15(20)11-3-2-4-12(16)14(11)17/h2-5,7,9H,6,8H2,1H3,(H,19,20). The lowest BCUT2D eigenvalue weighted by Crippen LogP contribution is -2.26. The van der Waals surface area contributed by atoms with Crippen LogP contribution in [0, 0.1) is 5.82 Å². The molecule has 0 aliphatic carbocycles. The molecule has 1 aromatic heterocycles. The number of nitrogens with one attached hydrogen (secondary N) is 1. The van der Waals surface area contributed by atoms with Crippen LogP contribution < -0.4 is 10.1 Å². The molecule has 1 amide bonds. The number of carbonyl (C=O) groups excluding carboxylic acids is 1. The monoisotopic (exact) mass is 308 g/mol. The maximum atomic E-state index is 13.7. The summed E-state index contributed by atoms with van der Waals surface area (Å²) in [6, 6.07) is 7.94. The van der Waals surface area contributed by atoms with Crippen LogP contribution in [0.25, 0.3) is 0 Å². The van der Waals surface area contributed by atoms with Crippen molar-refractivity contribution in [1.29, 1.82) is 0 Å². The van der Waals surface area contributed by atoms with Crippen molar-refractivity contribution in [3.63, 3.8) is 0 Å². The first kappa shape index (κ1) is 15.3. The Bertz CT molecular complexity index is 649. The number of hydrogen-bond donors (Lipinski definition) is 1. The zero-order chi connectivity index (χ0) is 15.2. The maximum absolute atomic E-state index is 13.7. The molecule has 1 N–H and O–H groups in total. The summed E-state index contributed by atoms with van der Waals surface area (Å²) in [5.74, 6) is -0.682. The van der Waals surface area contributed by atoms with E-state index in [-0.39, 0.29) is 10.6 Å². The van der Waals surface area contributed by atoms with Gasteiger partial charge in [-0.3, -0.25) is 4.79 Å². The van der Waals surface area contributed by atoms with Gasteiger partial charge in [-0.2, -0.15) is 0 Å². The Morgan fingerprint density at radius 1 is 1.43 bits per heavy atom. The highest BCUT2D eigenvalue weighted by atomic mass is 35.5. The second-order valence-electron chi connectivity index (χ2n) is 4.31. The summed E-state index contributed by atoms with van der Waals surface area (Å²) < 4.78 is 18.7. The molecule has 0 radical (unpaired) electrons. The van der Waals surface area contributed by atoms with Gasteiger partial charge < -0.3 is 10.1 Å². The number of ether oxygens (including phenoxy) is 1. The minimum Gasteiger partial charge on any atom is -0.481 e. The molecular weight excluding hydrogens is 295 g/mol. The number of aromatic nitrogens is 1. The van der Waals surface area contributed by atoms with Crippen LogP contribution in [0.2, 0.25) is 5.02 Å². The quantitative estimate of drug-likeness (QED) is 0.924. The van der Waals surface area contributed by atoms with Gasteiger partial charge in [-0.15, -0.1) is 0 Å². The van der Waals surface area contributed by atoms with Crippen molar-refractivity contribution in [2.75, 3.05) is 13.7 Å². The first-order chi connectivity index (χ1) is 10.1. The van der Waals surface area contributed by atoms with Gasteiger partial charge in [-0.25, -0.2) is 9.37 Å². The third-order valence-electron chi connectivity index (χ3n) is 2.90. The van der Waals surface area contributed by atoms with Crippen LogP contribution in [0.1, 0.15) is 15.9 Å². The highest BCUT2D eigenvalue weighted by molar-refractivity contribution is 6.31. The zero-order valence-corrected chi connectivity index (χ0v) is 12.2. The fraction of sp³-hybridized carbons (Fsp3) is 0.200. The van der Waals surface area contributed by atoms with Gasteiger partial charge in [-0.1, -0.05) is 17.7 Å². The summed E-state index contributed by atoms with van der Waals surface area (Å²) in [4.78, 5) is 15.9. The predicted molar refractivity (Wildman–Crippen MR) is 78.2 cm³/mol. The van der Waals surface area contributed by atoms with Crippen LogP contribution in [0.5, 0.6) is 5.88 Å². The average Bonchev–Trinajstić information content (AvgIpc) is 2.50. The fourth-order valence-corrected chi connectivity index (χ4v) is 1.99. The summed E-state index contributed by atoms with van der Waals surface area (Å²) in [5.41, 5.74) is 0.906. The molecule has 0 aliphatic rings. The van der Waals surface area contributed by atoms with E-state index >= 15 is 0 Å². The Hall–Kier alpha value is -2.14. The first-order valence-corrected chi connectivity index (χ1v) is 6.70. The van der Waals surface area contributed by atoms with Crippen molar-refractivity contribution >= 4 is 17.5 Å². The van der Waals surface area contributed by atoms with E-state index in [0.717, 1.165) is 5.56 Å². The van der Waals surface area contributed by atoms with Crippen LogP contribution in [0.4, 0.5) is 4.39 Å². The lowest BCUT2D eigenvalue weighted by atomic mass is 10.1. The molecule has 1 aromatic carbocycles. The van der Waals surface area contributed by atoms with E-state index in [1.807, 2.05) is 6.07 Å². The molecule has 0 atom stereocenters. The third kappa shape index (κ3) is 3.92. The van der Waals surface area contributed by atoms with Crippen molar-refractivity contribution in [3.8, 4) is 5.88 Å². The minimum atomic E-state index is -0.706. The Balaban J connectivity index is 1.94. The molecule has 1 heterocycles. The molecule has 2 rings (SSSR count). The van der Waals surface area contributed by atoms with Crippen molar-refractivity contribution < 1.29 is 13.9 Å². The highest BCUT2D eigenvalue weighted by Crippen LogP contribution is 2.17. The van der Waals surface area contributed by atoms with Crippen molar-refractivity contribution in [2.24, 2.45) is 0 Å². The normalized spacial score (nSPS) is 10.2. The molecule has 0 saturated carbocycles. The number of hydrogen-bond acceptors (Lipinski definition) is 3. The van der Waals surface area contributed by atoms with E-state index in [1.54, 1.807) is 12.3 Å². The topological polar surface area (TPSA) is 51.2 Å². The van der Waals surface area contributed by atoms with Gasteiger partial charge in [0.1, 0.15) is 0 Å². The first-order valence-electron chi connectivity index (χ1n) is 6.33. The van der Waals surface area contributed by atoms with Crippen LogP contribution in [-0.4, -0.2) is 24.5 Å². The lowest BCUT2D eigenvalue weighted by molar-refractivity contribution is 0.0950. The van der Waals surface area contributed by atoms with Crippen molar-refractivity contribution in [1.82, 2.24) is 10.3 Å². The number of amides is 1. The van der Waals surface area contributed by atoms with Gasteiger partial charge in [0.25, 0.3) is 5.91 Å². The second-order valence-corrected chi connectivity index (χ2v) is 4.72. The molecule has 0 spiro atoms. The van der Waals surface area contributed by atoms with Crippen LogP contribution in [0.15, 0.2) is 36.5 Å². The van der Waals surface area contributed by atoms with Gasteiger partial charge >= 0.3 is 0 Å². The number of benzene rings is 1. The van der Waals surface area contributed by atoms with Crippen LogP contribution >= 0.6 is 11.6 Å². The van der Waals surface area contributed by atoms with Gasteiger partial charge in [0.15, 0.2) is 5.82 Å². The largest absolute Gasteiger partial charge is 0.481 e. The zero-order valence-electron chi connectivity index (χ0n) is 11.4. The van der Waals surface area contributed by atoms with Crippen molar-refractivity contribution in [2.45, 2.75) is 6.42 Å². The molecular formula is C15H14ClFN2O2. The maximum Gasteiger partial charge on any atom is 0.254 e. The smallest absolute Gasteiger partial charge is 0.254 e. The SMILES string of the molecule is COc1cc(CCNC(=O)c2cccc(Cl)c2F)ccn1. The number of methoxy groups -OCH3 is 1. The molecule has 0 fully saturated rings. The molecule has 0 aliphatic heterocycles. The number of carbonyl (C=O) groups is 1. The molecule has 2 aromatic rings. The molecule has 0 unspecified atom stereocenters. The summed E-state index contributed by atoms with van der Waals surface area (Å²) in [5, 5.41) is 2.59. The van der Waals surface area contributed by atoms with Gasteiger partial charge in [-0.05, 0) is 30.2 Å². The number of halogens is 2. The minimum absolute atomic E-state index is 0.0604. The lowest BCUT2D eigenvalue weighted by Gasteiger charge is -2.07. The second kappa shape index (κ2) is 7.04. The van der Waals surface area contributed by atoms with Crippen LogP contribution in [-0.2, 0) is 6.42 Å². The van der Waals surface area contributed by atoms with Gasteiger partial charge in [0, 0.05) is 18.8 Å². The van der Waals surface area contributed by atoms with E-state index in [4.69, 9.17) is 16.3 Å². The Labute approximate surface area is 126 Å². The van der Waals surface area contributed by atoms with E-state index in [9.17, 15) is 9.18 Å². The fourth-order valence-electron chi connectivity index (χ4n) is 1.81. The van der Waals surface area contributed by atoms with E-state index in [2.05, 4.69) is 10.3 Å². The molecule has 110 valence electrons. The van der Waals surface area contributed by atoms with Gasteiger partial charge in [0.05, 0.1) is 17.7 Å². The predicted octanol–water partition coefficient (Wildman–Crippen LogP) is 2.86. The summed E-state index contributed by atoms with van der Waals surface area (Å²) >= 11 is 5.65. The number of rotatable bonds is 5. The van der Waals surface area contributed by atoms with E-state index in [0.29, 0.717) is 18.8 Å². The molecule has 0 saturated heterocycles. The average molecular weight is 309 g/mol. The molecule has 0 bridgehead atoms. The van der Waals surface area contributed by atoms with E-state index in [1.165, 1.54) is 25.3 Å². The molecule has 4 nitrogen and oxygen atoms in total. The van der Waals surface area contributed by atoms with Crippen LogP contribution in [0.3, 0.4) is 0 Å². The summed E-state index contributed by atoms with van der Waals surface area (Å²) in [6.45, 7) is 0.373. The number of pyridine rings is 1. The summed E-state index contributed by atoms with van der Waals surface area (Å²) in [6.07, 6.45) is 2.22. The highest BCUT2D eigenvalue weighted by Gasteiger charge is 2.13. The Morgan fingerprint density at radius 3 is 3.00 bits per heavy atom. The van der Waals surface area contributed by atoms with Gasteiger partial charge in [0.2, 0.25) is 5.88 Å². The Morgan fingerprint density at radius 2 is 2.24 bits per heavy atom. The van der Waals surface area contributed by atoms with E-state index < -0.39 is 11.7 Å². The summed E-state index contributed by atoms with van der Waals surface area (Å²) in [7, 11) is 1.54. The molecule has 21 heavy (non-hydrogen) atoms. The molecule has 6 heteroatoms.